The van der Waals surface area contributed by atoms with Crippen molar-refractivity contribution in [2.24, 2.45) is 0 Å². The first-order valence-corrected chi connectivity index (χ1v) is 8.46. The van der Waals surface area contributed by atoms with Gasteiger partial charge in [-0.05, 0) is 27.7 Å². The fraction of sp³-hybridized carbons (Fsp3) is 0.667. The van der Waals surface area contributed by atoms with Gasteiger partial charge in [-0.3, -0.25) is 0 Å². The molecule has 4 atom stereocenters. The summed E-state index contributed by atoms with van der Waals surface area (Å²) in [6.07, 6.45) is -4.30. The van der Waals surface area contributed by atoms with Crippen molar-refractivity contribution in [1.29, 1.82) is 0 Å². The van der Waals surface area contributed by atoms with E-state index in [0.29, 0.717) is 0 Å². The Balaban J connectivity index is 4.05. The average molecular weight is 390 g/mol. The number of hydrogen-bond acceptors (Lipinski definition) is 9. The Bertz CT molecular complexity index is 455. The van der Waals surface area contributed by atoms with E-state index in [4.69, 9.17) is 23.7 Å². The molecular weight excluding hydrogens is 360 g/mol. The molecule has 9 nitrogen and oxygen atoms in total. The minimum atomic E-state index is -1.13. The molecule has 27 heavy (non-hydrogen) atoms. The lowest BCUT2D eigenvalue weighted by Gasteiger charge is -2.21. The van der Waals surface area contributed by atoms with Crippen LogP contribution in [0.2, 0.25) is 0 Å². The third-order valence-electron chi connectivity index (χ3n) is 2.95. The van der Waals surface area contributed by atoms with Crippen LogP contribution in [-0.2, 0) is 33.3 Å². The number of hydrogen-bond donors (Lipinski definition) is 2. The van der Waals surface area contributed by atoms with E-state index < -0.39 is 36.7 Å². The second-order valence-electron chi connectivity index (χ2n) is 5.94. The third-order valence-corrected chi connectivity index (χ3v) is 2.95. The monoisotopic (exact) mass is 390 g/mol. The molecule has 9 heteroatoms. The van der Waals surface area contributed by atoms with Crippen molar-refractivity contribution in [2.75, 3.05) is 26.4 Å². The molecule has 156 valence electrons. The first-order valence-electron chi connectivity index (χ1n) is 8.46. The second kappa shape index (κ2) is 13.4. The summed E-state index contributed by atoms with van der Waals surface area (Å²) in [5.41, 5.74) is 0.385. The number of carbonyl (C=O) groups excluding carboxylic acids is 2. The molecular formula is C18H30O9. The molecule has 0 aromatic carbocycles. The maximum Gasteiger partial charge on any atom is 0.335 e. The Morgan fingerprint density at radius 2 is 1.11 bits per heavy atom. The Labute approximate surface area is 159 Å². The van der Waals surface area contributed by atoms with E-state index in [9.17, 15) is 19.8 Å². The molecule has 0 bridgehead atoms. The molecule has 0 aromatic rings. The zero-order chi connectivity index (χ0) is 21.0. The van der Waals surface area contributed by atoms with Crippen molar-refractivity contribution in [3.63, 3.8) is 0 Å². The summed E-state index contributed by atoms with van der Waals surface area (Å²) in [5, 5.41) is 19.1. The Morgan fingerprint density at radius 3 is 1.37 bits per heavy atom. The smallest absolute Gasteiger partial charge is 0.335 e. The summed E-state index contributed by atoms with van der Waals surface area (Å²) in [7, 11) is 0. The van der Waals surface area contributed by atoms with E-state index in [0.717, 1.165) is 0 Å². The van der Waals surface area contributed by atoms with E-state index in [1.165, 1.54) is 27.7 Å². The Morgan fingerprint density at radius 1 is 0.778 bits per heavy atom. The van der Waals surface area contributed by atoms with Gasteiger partial charge >= 0.3 is 11.9 Å². The molecule has 0 saturated heterocycles. The van der Waals surface area contributed by atoms with Gasteiger partial charge in [-0.1, -0.05) is 13.2 Å². The topological polar surface area (TPSA) is 121 Å². The number of esters is 2. The van der Waals surface area contributed by atoms with Crippen LogP contribution in [0, 0.1) is 0 Å². The number of ether oxygens (including phenoxy) is 5. The average Bonchev–Trinajstić information content (AvgIpc) is 2.57. The van der Waals surface area contributed by atoms with E-state index in [1.54, 1.807) is 0 Å². The molecule has 0 aliphatic heterocycles. The lowest BCUT2D eigenvalue weighted by molar-refractivity contribution is -0.204. The lowest BCUT2D eigenvalue weighted by Crippen LogP contribution is -2.34. The molecule has 0 amide bonds. The third kappa shape index (κ3) is 11.5. The van der Waals surface area contributed by atoms with Crippen LogP contribution in [-0.4, -0.2) is 73.4 Å². The first-order chi connectivity index (χ1) is 12.6. The fourth-order valence-electron chi connectivity index (χ4n) is 1.50. The SMILES string of the molecule is C=C(C)C(=O)OC(OCCOCCOC(OC(=O)C(=C)C)C(C)O)C(C)O. The molecule has 0 aromatic heterocycles. The van der Waals surface area contributed by atoms with Crippen LogP contribution < -0.4 is 0 Å². The van der Waals surface area contributed by atoms with Gasteiger partial charge in [0, 0.05) is 11.1 Å². The molecule has 0 heterocycles. The summed E-state index contributed by atoms with van der Waals surface area (Å²) < 4.78 is 25.7. The van der Waals surface area contributed by atoms with Crippen molar-refractivity contribution >= 4 is 11.9 Å². The molecule has 2 N–H and O–H groups in total. The van der Waals surface area contributed by atoms with Crippen LogP contribution >= 0.6 is 0 Å². The van der Waals surface area contributed by atoms with Crippen LogP contribution in [0.3, 0.4) is 0 Å². The normalized spacial score (nSPS) is 15.3. The predicted molar refractivity (Wildman–Crippen MR) is 95.5 cm³/mol. The van der Waals surface area contributed by atoms with Gasteiger partial charge in [-0.15, -0.1) is 0 Å². The molecule has 0 aliphatic carbocycles. The van der Waals surface area contributed by atoms with Crippen molar-refractivity contribution in [3.8, 4) is 0 Å². The summed E-state index contributed by atoms with van der Waals surface area (Å²) in [6, 6.07) is 0. The van der Waals surface area contributed by atoms with Gasteiger partial charge in [0.15, 0.2) is 0 Å². The number of rotatable bonds is 14. The molecule has 0 spiro atoms. The summed E-state index contributed by atoms with van der Waals surface area (Å²) in [6.45, 7) is 13.1. The Hall–Kier alpha value is -1.78. The zero-order valence-corrected chi connectivity index (χ0v) is 16.3. The molecule has 4 unspecified atom stereocenters. The highest BCUT2D eigenvalue weighted by molar-refractivity contribution is 5.87. The van der Waals surface area contributed by atoms with E-state index in [2.05, 4.69) is 13.2 Å². The molecule has 0 radical (unpaired) electrons. The van der Waals surface area contributed by atoms with Gasteiger partial charge in [-0.2, -0.15) is 0 Å². The van der Waals surface area contributed by atoms with Crippen LogP contribution in [0.25, 0.3) is 0 Å². The van der Waals surface area contributed by atoms with Gasteiger partial charge in [-0.25, -0.2) is 9.59 Å². The van der Waals surface area contributed by atoms with Gasteiger partial charge in [0.2, 0.25) is 12.6 Å². The van der Waals surface area contributed by atoms with Crippen LogP contribution in [0.5, 0.6) is 0 Å². The van der Waals surface area contributed by atoms with Gasteiger partial charge < -0.3 is 33.9 Å². The molecule has 0 rings (SSSR count). The first kappa shape index (κ1) is 25.2. The maximum absolute atomic E-state index is 11.4. The van der Waals surface area contributed by atoms with Gasteiger partial charge in [0.25, 0.3) is 0 Å². The predicted octanol–water partition coefficient (Wildman–Crippen LogP) is 0.689. The van der Waals surface area contributed by atoms with E-state index >= 15 is 0 Å². The Kier molecular flexibility index (Phi) is 12.5. The molecule has 0 saturated carbocycles. The van der Waals surface area contributed by atoms with E-state index in [1.807, 2.05) is 0 Å². The zero-order valence-electron chi connectivity index (χ0n) is 16.3. The van der Waals surface area contributed by atoms with Gasteiger partial charge in [0.1, 0.15) is 12.2 Å². The number of aliphatic hydroxyl groups excluding tert-OH is 2. The number of aliphatic hydroxyl groups is 2. The van der Waals surface area contributed by atoms with Crippen LogP contribution in [0.4, 0.5) is 0 Å². The van der Waals surface area contributed by atoms with Crippen LogP contribution in [0.1, 0.15) is 27.7 Å². The minimum Gasteiger partial charge on any atom is -0.430 e. The standard InChI is InChI=1S/C18H30O9/c1-11(2)15(21)26-17(13(5)19)24-9-7-23-8-10-25-18(14(6)20)27-16(22)12(3)4/h13-14,17-20H,1,3,7-10H2,2,4-6H3. The molecule has 0 aliphatic rings. The second-order valence-corrected chi connectivity index (χ2v) is 5.94. The van der Waals surface area contributed by atoms with Crippen molar-refractivity contribution in [2.45, 2.75) is 52.5 Å². The van der Waals surface area contributed by atoms with Gasteiger partial charge in [0.05, 0.1) is 26.4 Å². The highest BCUT2D eigenvalue weighted by atomic mass is 16.7. The lowest BCUT2D eigenvalue weighted by atomic mass is 10.3. The highest BCUT2D eigenvalue weighted by Gasteiger charge is 2.22. The maximum atomic E-state index is 11.4. The van der Waals surface area contributed by atoms with E-state index in [-0.39, 0.29) is 37.6 Å². The largest absolute Gasteiger partial charge is 0.430 e. The highest BCUT2D eigenvalue weighted by Crippen LogP contribution is 2.07. The number of carbonyl (C=O) groups is 2. The van der Waals surface area contributed by atoms with Crippen molar-refractivity contribution in [1.82, 2.24) is 0 Å². The van der Waals surface area contributed by atoms with Crippen LogP contribution in [0.15, 0.2) is 24.3 Å². The summed E-state index contributed by atoms with van der Waals surface area (Å²) in [4.78, 5) is 22.9. The van der Waals surface area contributed by atoms with Crippen molar-refractivity contribution < 1.29 is 43.5 Å². The fourth-order valence-corrected chi connectivity index (χ4v) is 1.50. The molecule has 0 fully saturated rings. The quantitative estimate of drug-likeness (QED) is 0.191. The summed E-state index contributed by atoms with van der Waals surface area (Å²) in [5.74, 6) is -1.33. The minimum absolute atomic E-state index is 0.0590. The summed E-state index contributed by atoms with van der Waals surface area (Å²) >= 11 is 0. The van der Waals surface area contributed by atoms with Crippen molar-refractivity contribution in [3.05, 3.63) is 24.3 Å².